The fourth-order valence-electron chi connectivity index (χ4n) is 1.31. The number of nitrogens with two attached hydrogens (primary N) is 1. The molecule has 0 fully saturated rings. The maximum absolute atomic E-state index is 5.81. The highest BCUT2D eigenvalue weighted by atomic mass is 16.5. The molecule has 0 aliphatic carbocycles. The van der Waals surface area contributed by atoms with Crippen LogP contribution in [0.1, 0.15) is 12.8 Å². The van der Waals surface area contributed by atoms with Crippen LogP contribution < -0.4 is 5.73 Å². The minimum Gasteiger partial charge on any atom is -0.398 e. The smallest absolute Gasteiger partial charge is 0.252 e. The second kappa shape index (κ2) is 4.76. The first-order valence-electron chi connectivity index (χ1n) is 5.06. The standard InChI is InChI=1S/C11H13N3O2/c1-2-15-7-10-13-11(14-16-10)8-5-3-4-6-9(8)12/h3-6H,2,7,12H2,1H3. The van der Waals surface area contributed by atoms with E-state index in [1.54, 1.807) is 6.07 Å². The molecular formula is C11H13N3O2. The summed E-state index contributed by atoms with van der Waals surface area (Å²) in [6.07, 6.45) is 0. The van der Waals surface area contributed by atoms with Crippen LogP contribution in [0.4, 0.5) is 5.69 Å². The molecule has 0 radical (unpaired) electrons. The summed E-state index contributed by atoms with van der Waals surface area (Å²) in [7, 11) is 0. The molecule has 5 heteroatoms. The Labute approximate surface area is 93.2 Å². The molecule has 2 aromatic rings. The van der Waals surface area contributed by atoms with Crippen molar-refractivity contribution in [3.05, 3.63) is 30.2 Å². The van der Waals surface area contributed by atoms with Gasteiger partial charge in [0.05, 0.1) is 0 Å². The summed E-state index contributed by atoms with van der Waals surface area (Å²) in [6.45, 7) is 2.86. The van der Waals surface area contributed by atoms with E-state index in [0.717, 1.165) is 5.56 Å². The van der Waals surface area contributed by atoms with Crippen LogP contribution in [0.25, 0.3) is 11.4 Å². The van der Waals surface area contributed by atoms with E-state index in [9.17, 15) is 0 Å². The molecule has 0 amide bonds. The molecule has 5 nitrogen and oxygen atoms in total. The normalized spacial score (nSPS) is 10.6. The molecule has 0 bridgehead atoms. The van der Waals surface area contributed by atoms with Gasteiger partial charge in [0.2, 0.25) is 5.82 Å². The third kappa shape index (κ3) is 2.20. The zero-order valence-corrected chi connectivity index (χ0v) is 9.01. The maximum atomic E-state index is 5.81. The SMILES string of the molecule is CCOCc1nc(-c2ccccc2N)no1. The van der Waals surface area contributed by atoms with Crippen molar-refractivity contribution in [2.75, 3.05) is 12.3 Å². The van der Waals surface area contributed by atoms with Gasteiger partial charge in [-0.25, -0.2) is 0 Å². The van der Waals surface area contributed by atoms with E-state index >= 15 is 0 Å². The van der Waals surface area contributed by atoms with Crippen molar-refractivity contribution >= 4 is 5.69 Å². The Balaban J connectivity index is 2.22. The number of rotatable bonds is 4. The van der Waals surface area contributed by atoms with Gasteiger partial charge in [0.15, 0.2) is 0 Å². The summed E-state index contributed by atoms with van der Waals surface area (Å²) in [5.41, 5.74) is 7.21. The van der Waals surface area contributed by atoms with Crippen LogP contribution in [0.2, 0.25) is 0 Å². The van der Waals surface area contributed by atoms with Crippen molar-refractivity contribution in [1.29, 1.82) is 0 Å². The van der Waals surface area contributed by atoms with Gasteiger partial charge in [-0.15, -0.1) is 0 Å². The van der Waals surface area contributed by atoms with Gasteiger partial charge < -0.3 is 15.0 Å². The third-order valence-corrected chi connectivity index (χ3v) is 2.10. The lowest BCUT2D eigenvalue weighted by molar-refractivity contribution is 0.109. The van der Waals surface area contributed by atoms with Crippen molar-refractivity contribution in [3.63, 3.8) is 0 Å². The number of benzene rings is 1. The maximum Gasteiger partial charge on any atom is 0.252 e. The third-order valence-electron chi connectivity index (χ3n) is 2.10. The van der Waals surface area contributed by atoms with Crippen LogP contribution in [0.5, 0.6) is 0 Å². The Kier molecular flexibility index (Phi) is 3.16. The number of aromatic nitrogens is 2. The summed E-state index contributed by atoms with van der Waals surface area (Å²) in [4.78, 5) is 4.20. The van der Waals surface area contributed by atoms with Crippen molar-refractivity contribution in [2.24, 2.45) is 0 Å². The van der Waals surface area contributed by atoms with Gasteiger partial charge >= 0.3 is 0 Å². The minimum absolute atomic E-state index is 0.330. The van der Waals surface area contributed by atoms with E-state index in [0.29, 0.717) is 30.6 Å². The van der Waals surface area contributed by atoms with E-state index in [-0.39, 0.29) is 0 Å². The predicted molar refractivity (Wildman–Crippen MR) is 59.5 cm³/mol. The summed E-state index contributed by atoms with van der Waals surface area (Å²) in [5, 5.41) is 3.85. The Morgan fingerprint density at radius 2 is 2.19 bits per heavy atom. The minimum atomic E-state index is 0.330. The van der Waals surface area contributed by atoms with Gasteiger partial charge in [0, 0.05) is 17.9 Å². The first kappa shape index (κ1) is 10.6. The largest absolute Gasteiger partial charge is 0.398 e. The summed E-state index contributed by atoms with van der Waals surface area (Å²) in [5.74, 6) is 0.952. The molecule has 0 saturated carbocycles. The molecule has 1 aromatic carbocycles. The molecule has 84 valence electrons. The summed E-state index contributed by atoms with van der Waals surface area (Å²) < 4.78 is 10.2. The highest BCUT2D eigenvalue weighted by Crippen LogP contribution is 2.22. The average molecular weight is 219 g/mol. The van der Waals surface area contributed by atoms with Crippen LogP contribution in [0, 0.1) is 0 Å². The van der Waals surface area contributed by atoms with Crippen molar-refractivity contribution in [2.45, 2.75) is 13.5 Å². The van der Waals surface area contributed by atoms with Crippen LogP contribution in [-0.2, 0) is 11.3 Å². The second-order valence-corrected chi connectivity index (χ2v) is 3.24. The number of nitrogens with zero attached hydrogens (tertiary/aromatic N) is 2. The van der Waals surface area contributed by atoms with Gasteiger partial charge in [0.1, 0.15) is 6.61 Å². The second-order valence-electron chi connectivity index (χ2n) is 3.24. The van der Waals surface area contributed by atoms with E-state index < -0.39 is 0 Å². The van der Waals surface area contributed by atoms with Crippen LogP contribution in [-0.4, -0.2) is 16.7 Å². The monoisotopic (exact) mass is 219 g/mol. The van der Waals surface area contributed by atoms with Crippen molar-refractivity contribution in [1.82, 2.24) is 10.1 Å². The first-order chi connectivity index (χ1) is 7.81. The molecule has 0 aliphatic rings. The van der Waals surface area contributed by atoms with Crippen molar-refractivity contribution < 1.29 is 9.26 Å². The van der Waals surface area contributed by atoms with Crippen LogP contribution in [0.3, 0.4) is 0 Å². The van der Waals surface area contributed by atoms with Gasteiger partial charge in [-0.05, 0) is 19.1 Å². The van der Waals surface area contributed by atoms with Crippen LogP contribution in [0.15, 0.2) is 28.8 Å². The zero-order valence-electron chi connectivity index (χ0n) is 9.01. The molecule has 0 aliphatic heterocycles. The van der Waals surface area contributed by atoms with E-state index in [4.69, 9.17) is 15.0 Å². The number of anilines is 1. The first-order valence-corrected chi connectivity index (χ1v) is 5.06. The quantitative estimate of drug-likeness (QED) is 0.794. The summed E-state index contributed by atoms with van der Waals surface area (Å²) >= 11 is 0. The molecule has 0 atom stereocenters. The Bertz CT molecular complexity index is 468. The molecule has 1 heterocycles. The number of nitrogen functional groups attached to an aromatic ring is 1. The molecule has 2 N–H and O–H groups in total. The Morgan fingerprint density at radius 1 is 1.38 bits per heavy atom. The van der Waals surface area contributed by atoms with Gasteiger partial charge in [-0.1, -0.05) is 17.3 Å². The van der Waals surface area contributed by atoms with Gasteiger partial charge in [0.25, 0.3) is 5.89 Å². The average Bonchev–Trinajstić information content (AvgIpc) is 2.75. The summed E-state index contributed by atoms with van der Waals surface area (Å²) in [6, 6.07) is 7.39. The predicted octanol–water partition coefficient (Wildman–Crippen LogP) is 1.86. The molecular weight excluding hydrogens is 206 g/mol. The fourth-order valence-corrected chi connectivity index (χ4v) is 1.31. The number of hydrogen-bond donors (Lipinski definition) is 1. The van der Waals surface area contributed by atoms with Crippen LogP contribution >= 0.6 is 0 Å². The molecule has 2 rings (SSSR count). The van der Waals surface area contributed by atoms with E-state index in [2.05, 4.69) is 10.1 Å². The van der Waals surface area contributed by atoms with Gasteiger partial charge in [-0.3, -0.25) is 0 Å². The molecule has 0 spiro atoms. The Morgan fingerprint density at radius 3 is 2.94 bits per heavy atom. The molecule has 0 unspecified atom stereocenters. The highest BCUT2D eigenvalue weighted by molar-refractivity contribution is 5.70. The van der Waals surface area contributed by atoms with Crippen molar-refractivity contribution in [3.8, 4) is 11.4 Å². The number of ether oxygens (including phenoxy) is 1. The topological polar surface area (TPSA) is 74.2 Å². The molecule has 0 saturated heterocycles. The lowest BCUT2D eigenvalue weighted by Gasteiger charge is -1.98. The highest BCUT2D eigenvalue weighted by Gasteiger charge is 2.10. The van der Waals surface area contributed by atoms with Gasteiger partial charge in [-0.2, -0.15) is 4.98 Å². The lowest BCUT2D eigenvalue weighted by Crippen LogP contribution is -1.93. The molecule has 16 heavy (non-hydrogen) atoms. The number of hydrogen-bond acceptors (Lipinski definition) is 5. The van der Waals surface area contributed by atoms with E-state index in [1.165, 1.54) is 0 Å². The van der Waals surface area contributed by atoms with E-state index in [1.807, 2.05) is 25.1 Å². The number of para-hydroxylation sites is 1. The zero-order chi connectivity index (χ0) is 11.4. The Hall–Kier alpha value is -1.88. The lowest BCUT2D eigenvalue weighted by atomic mass is 10.2. The molecule has 1 aromatic heterocycles. The fraction of sp³-hybridized carbons (Fsp3) is 0.273.